The molecule has 1 N–H and O–H groups in total. The average Bonchev–Trinajstić information content (AvgIpc) is 3.57. The molecule has 6 rings (SSSR count). The van der Waals surface area contributed by atoms with Crippen molar-refractivity contribution in [3.05, 3.63) is 96.2 Å². The summed E-state index contributed by atoms with van der Waals surface area (Å²) in [5.74, 6) is -0.980. The Kier molecular flexibility index (Phi) is 6.53. The lowest BCUT2D eigenvalue weighted by molar-refractivity contribution is 0.0964. The second-order valence-electron chi connectivity index (χ2n) is 9.71. The molecule has 0 spiro atoms. The van der Waals surface area contributed by atoms with E-state index in [0.29, 0.717) is 44.5 Å². The SMILES string of the molecule is CNC(=O)c1c(-c2ccc(F)cc2)oc2cc(N(C)S(C)(=O)=O)c(-c3cc(F)cc(-c4cc5ncccc5o4)c3)cc12. The Hall–Kier alpha value is -5.03. The minimum Gasteiger partial charge on any atom is -0.455 e. The van der Waals surface area contributed by atoms with Crippen molar-refractivity contribution in [3.8, 4) is 33.8 Å². The van der Waals surface area contributed by atoms with Crippen molar-refractivity contribution in [1.29, 1.82) is 0 Å². The molecule has 212 valence electrons. The number of hydrogen-bond donors (Lipinski definition) is 1. The van der Waals surface area contributed by atoms with Crippen LogP contribution in [0.4, 0.5) is 14.5 Å². The molecule has 0 radical (unpaired) electrons. The number of carbonyl (C=O) groups excluding carboxylic acids is 1. The van der Waals surface area contributed by atoms with Crippen molar-refractivity contribution in [1.82, 2.24) is 10.3 Å². The van der Waals surface area contributed by atoms with E-state index in [-0.39, 0.29) is 22.6 Å². The number of amides is 1. The highest BCUT2D eigenvalue weighted by atomic mass is 32.2. The van der Waals surface area contributed by atoms with Crippen molar-refractivity contribution >= 4 is 43.7 Å². The molecule has 0 aliphatic rings. The minimum absolute atomic E-state index is 0.161. The lowest BCUT2D eigenvalue weighted by atomic mass is 9.96. The second-order valence-corrected chi connectivity index (χ2v) is 11.7. The summed E-state index contributed by atoms with van der Waals surface area (Å²) in [5.41, 5.74) is 3.18. The first-order valence-electron chi connectivity index (χ1n) is 12.7. The average molecular weight is 588 g/mol. The van der Waals surface area contributed by atoms with E-state index in [0.717, 1.165) is 10.6 Å². The molecule has 0 fully saturated rings. The Morgan fingerprint density at radius 1 is 0.881 bits per heavy atom. The van der Waals surface area contributed by atoms with Gasteiger partial charge >= 0.3 is 0 Å². The van der Waals surface area contributed by atoms with Gasteiger partial charge in [-0.05, 0) is 66.2 Å². The number of pyridine rings is 1. The van der Waals surface area contributed by atoms with Crippen molar-refractivity contribution < 1.29 is 30.8 Å². The van der Waals surface area contributed by atoms with Gasteiger partial charge in [-0.25, -0.2) is 17.2 Å². The molecule has 3 aromatic carbocycles. The predicted octanol–water partition coefficient (Wildman–Crippen LogP) is 6.61. The van der Waals surface area contributed by atoms with E-state index in [1.807, 2.05) is 0 Å². The van der Waals surface area contributed by atoms with Crippen molar-refractivity contribution in [2.24, 2.45) is 0 Å². The zero-order valence-electron chi connectivity index (χ0n) is 22.6. The van der Waals surface area contributed by atoms with Gasteiger partial charge in [0.1, 0.15) is 34.3 Å². The number of anilines is 1. The van der Waals surface area contributed by atoms with Crippen LogP contribution in [-0.2, 0) is 10.0 Å². The van der Waals surface area contributed by atoms with Crippen LogP contribution < -0.4 is 9.62 Å². The summed E-state index contributed by atoms with van der Waals surface area (Å²) in [6.45, 7) is 0. The standard InChI is InChI=1S/C31H23F2N3O5S/c1-34-31(37)29-23-14-22(18-11-19(13-21(33)12-18)27-15-24-26(40-27)5-4-10-35-24)25(36(2)42(3,38)39)16-28(23)41-30(29)17-6-8-20(32)9-7-17/h4-16H,1-3H3,(H,34,37). The number of rotatable bonds is 6. The van der Waals surface area contributed by atoms with E-state index in [4.69, 9.17) is 8.83 Å². The van der Waals surface area contributed by atoms with Gasteiger partial charge in [-0.15, -0.1) is 0 Å². The third-order valence-corrected chi connectivity index (χ3v) is 8.18. The number of sulfonamides is 1. The molecule has 6 aromatic rings. The van der Waals surface area contributed by atoms with Crippen LogP contribution in [0.1, 0.15) is 10.4 Å². The van der Waals surface area contributed by atoms with Gasteiger partial charge in [0.05, 0.1) is 17.5 Å². The fourth-order valence-corrected chi connectivity index (χ4v) is 5.37. The minimum atomic E-state index is -3.78. The predicted molar refractivity (Wildman–Crippen MR) is 157 cm³/mol. The molecule has 0 atom stereocenters. The molecule has 0 bridgehead atoms. The molecule has 11 heteroatoms. The quantitative estimate of drug-likeness (QED) is 0.235. The van der Waals surface area contributed by atoms with Crippen LogP contribution in [0.2, 0.25) is 0 Å². The molecule has 0 saturated heterocycles. The van der Waals surface area contributed by atoms with Crippen LogP contribution in [0.25, 0.3) is 55.8 Å². The number of carbonyl (C=O) groups is 1. The van der Waals surface area contributed by atoms with E-state index in [9.17, 15) is 17.6 Å². The Labute approximate surface area is 239 Å². The van der Waals surface area contributed by atoms with Crippen LogP contribution in [0.15, 0.2) is 87.8 Å². The fourth-order valence-electron chi connectivity index (χ4n) is 4.86. The number of benzene rings is 3. The number of halogens is 2. The number of nitrogens with zero attached hydrogens (tertiary/aromatic N) is 2. The van der Waals surface area contributed by atoms with E-state index in [1.165, 1.54) is 56.6 Å². The lowest BCUT2D eigenvalue weighted by Crippen LogP contribution is -2.25. The van der Waals surface area contributed by atoms with Crippen LogP contribution in [0.5, 0.6) is 0 Å². The third kappa shape index (κ3) is 4.77. The highest BCUT2D eigenvalue weighted by molar-refractivity contribution is 7.92. The first-order valence-corrected chi connectivity index (χ1v) is 14.6. The monoisotopic (exact) mass is 587 g/mol. The smallest absolute Gasteiger partial charge is 0.255 e. The highest BCUT2D eigenvalue weighted by Gasteiger charge is 2.26. The van der Waals surface area contributed by atoms with Gasteiger partial charge in [0, 0.05) is 54.5 Å². The number of nitrogens with one attached hydrogen (secondary N) is 1. The summed E-state index contributed by atoms with van der Waals surface area (Å²) in [4.78, 5) is 17.4. The van der Waals surface area contributed by atoms with Gasteiger partial charge in [-0.2, -0.15) is 0 Å². The maximum absolute atomic E-state index is 15.2. The fraction of sp³-hybridized carbons (Fsp3) is 0.0968. The number of aromatic nitrogens is 1. The number of hydrogen-bond acceptors (Lipinski definition) is 6. The van der Waals surface area contributed by atoms with Crippen molar-refractivity contribution in [3.63, 3.8) is 0 Å². The molecule has 3 heterocycles. The van der Waals surface area contributed by atoms with E-state index >= 15 is 4.39 Å². The van der Waals surface area contributed by atoms with Gasteiger partial charge in [0.25, 0.3) is 5.91 Å². The van der Waals surface area contributed by atoms with Gasteiger partial charge < -0.3 is 14.2 Å². The summed E-state index contributed by atoms with van der Waals surface area (Å²) in [6, 6.07) is 17.9. The summed E-state index contributed by atoms with van der Waals surface area (Å²) >= 11 is 0. The molecule has 8 nitrogen and oxygen atoms in total. The topological polar surface area (TPSA) is 106 Å². The zero-order valence-corrected chi connectivity index (χ0v) is 23.4. The molecule has 0 unspecified atom stereocenters. The number of furan rings is 2. The molecule has 0 saturated carbocycles. The van der Waals surface area contributed by atoms with Gasteiger partial charge in [-0.1, -0.05) is 0 Å². The summed E-state index contributed by atoms with van der Waals surface area (Å²) in [6.07, 6.45) is 2.66. The normalized spacial score (nSPS) is 11.7. The van der Waals surface area contributed by atoms with Crippen LogP contribution in [-0.4, -0.2) is 39.7 Å². The summed E-state index contributed by atoms with van der Waals surface area (Å²) in [7, 11) is -0.944. The first-order chi connectivity index (χ1) is 20.0. The molecular formula is C31H23F2N3O5S. The molecular weight excluding hydrogens is 564 g/mol. The van der Waals surface area contributed by atoms with Gasteiger partial charge in [-0.3, -0.25) is 14.1 Å². The van der Waals surface area contributed by atoms with E-state index in [1.54, 1.807) is 36.5 Å². The summed E-state index contributed by atoms with van der Waals surface area (Å²) < 4.78 is 67.2. The van der Waals surface area contributed by atoms with E-state index in [2.05, 4.69) is 10.3 Å². The van der Waals surface area contributed by atoms with Crippen LogP contribution in [0.3, 0.4) is 0 Å². The van der Waals surface area contributed by atoms with Crippen molar-refractivity contribution in [2.45, 2.75) is 0 Å². The first kappa shape index (κ1) is 27.2. The van der Waals surface area contributed by atoms with Crippen LogP contribution >= 0.6 is 0 Å². The van der Waals surface area contributed by atoms with Crippen molar-refractivity contribution in [2.75, 3.05) is 24.7 Å². The maximum atomic E-state index is 15.2. The van der Waals surface area contributed by atoms with Crippen LogP contribution in [0, 0.1) is 11.6 Å². The Balaban J connectivity index is 1.63. The Morgan fingerprint density at radius 3 is 2.31 bits per heavy atom. The lowest BCUT2D eigenvalue weighted by Gasteiger charge is -2.21. The Bertz CT molecular complexity index is 2090. The highest BCUT2D eigenvalue weighted by Crippen LogP contribution is 2.42. The molecule has 0 aliphatic heterocycles. The zero-order chi connectivity index (χ0) is 29.8. The molecule has 0 aliphatic carbocycles. The van der Waals surface area contributed by atoms with Gasteiger partial charge in [0.2, 0.25) is 10.0 Å². The molecule has 3 aromatic heterocycles. The van der Waals surface area contributed by atoms with E-state index < -0.39 is 27.6 Å². The van der Waals surface area contributed by atoms with Gasteiger partial charge in [0.15, 0.2) is 5.58 Å². The third-order valence-electron chi connectivity index (χ3n) is 6.98. The number of fused-ring (bicyclic) bond motifs is 2. The molecule has 42 heavy (non-hydrogen) atoms. The largest absolute Gasteiger partial charge is 0.455 e. The second kappa shape index (κ2) is 10.1. The Morgan fingerprint density at radius 2 is 1.62 bits per heavy atom. The maximum Gasteiger partial charge on any atom is 0.255 e. The summed E-state index contributed by atoms with van der Waals surface area (Å²) in [5, 5.41) is 2.95. The molecule has 1 amide bonds.